The van der Waals surface area contributed by atoms with Crippen molar-refractivity contribution in [2.45, 2.75) is 17.3 Å². The Balaban J connectivity index is 3.17. The summed E-state index contributed by atoms with van der Waals surface area (Å²) in [6.07, 6.45) is 0. The number of hydrogen-bond donors (Lipinski definition) is 1. The number of halogens is 1. The van der Waals surface area contributed by atoms with Crippen molar-refractivity contribution in [3.8, 4) is 0 Å². The van der Waals surface area contributed by atoms with Crippen LogP contribution in [0.2, 0.25) is 0 Å². The molecule has 0 radical (unpaired) electrons. The van der Waals surface area contributed by atoms with Gasteiger partial charge in [0, 0.05) is 0 Å². The zero-order valence-corrected chi connectivity index (χ0v) is 9.42. The number of aliphatic hydroxyl groups excluding tert-OH is 1. The molecular formula is C9H9ClO4S. The van der Waals surface area contributed by atoms with Crippen molar-refractivity contribution >= 4 is 26.7 Å². The molecule has 82 valence electrons. The number of aryl methyl sites for hydroxylation is 1. The van der Waals surface area contributed by atoms with E-state index in [2.05, 4.69) is 0 Å². The van der Waals surface area contributed by atoms with Gasteiger partial charge in [-0.15, -0.1) is 0 Å². The van der Waals surface area contributed by atoms with Gasteiger partial charge in [0.1, 0.15) is 0 Å². The highest BCUT2D eigenvalue weighted by Gasteiger charge is 2.30. The molecule has 0 aliphatic rings. The third-order valence-electron chi connectivity index (χ3n) is 1.84. The predicted octanol–water partition coefficient (Wildman–Crippen LogP) is 0.853. The van der Waals surface area contributed by atoms with E-state index in [4.69, 9.17) is 16.7 Å². The fourth-order valence-electron chi connectivity index (χ4n) is 0.979. The van der Waals surface area contributed by atoms with Crippen molar-refractivity contribution in [3.05, 3.63) is 29.8 Å². The van der Waals surface area contributed by atoms with Crippen LogP contribution in [0.4, 0.5) is 0 Å². The van der Waals surface area contributed by atoms with Crippen molar-refractivity contribution in [1.29, 1.82) is 0 Å². The first-order chi connectivity index (χ1) is 6.85. The molecule has 1 atom stereocenters. The average Bonchev–Trinajstić information content (AvgIpc) is 2.17. The quantitative estimate of drug-likeness (QED) is 0.805. The van der Waals surface area contributed by atoms with Crippen LogP contribution in [0, 0.1) is 6.92 Å². The normalized spacial score (nSPS) is 13.5. The molecule has 0 bridgehead atoms. The first kappa shape index (κ1) is 12.2. The lowest BCUT2D eigenvalue weighted by Crippen LogP contribution is -2.26. The Morgan fingerprint density at radius 3 is 2.20 bits per heavy atom. The van der Waals surface area contributed by atoms with Gasteiger partial charge in [0.15, 0.2) is 0 Å². The molecule has 0 aromatic heterocycles. The Hall–Kier alpha value is -0.910. The monoisotopic (exact) mass is 248 g/mol. The molecule has 1 unspecified atom stereocenters. The maximum absolute atomic E-state index is 11.5. The van der Waals surface area contributed by atoms with E-state index in [0.717, 1.165) is 5.56 Å². The van der Waals surface area contributed by atoms with Crippen LogP contribution in [0.5, 0.6) is 0 Å². The number of hydrogen-bond acceptors (Lipinski definition) is 4. The van der Waals surface area contributed by atoms with Gasteiger partial charge in [-0.05, 0) is 30.7 Å². The number of rotatable bonds is 3. The van der Waals surface area contributed by atoms with Crippen LogP contribution >= 0.6 is 11.6 Å². The maximum Gasteiger partial charge on any atom is 0.266 e. The van der Waals surface area contributed by atoms with Gasteiger partial charge in [-0.1, -0.05) is 17.7 Å². The Bertz CT molecular complexity index is 463. The maximum atomic E-state index is 11.5. The van der Waals surface area contributed by atoms with E-state index in [1.54, 1.807) is 19.1 Å². The van der Waals surface area contributed by atoms with Crippen LogP contribution in [0.3, 0.4) is 0 Å². The summed E-state index contributed by atoms with van der Waals surface area (Å²) in [4.78, 5) is 10.4. The number of benzene rings is 1. The summed E-state index contributed by atoms with van der Waals surface area (Å²) in [6.45, 7) is 1.79. The molecule has 6 heteroatoms. The van der Waals surface area contributed by atoms with Crippen LogP contribution in [0.25, 0.3) is 0 Å². The predicted molar refractivity (Wildman–Crippen MR) is 55.2 cm³/mol. The SMILES string of the molecule is Cc1ccc(S(=O)(=O)C(O)C(=O)Cl)cc1. The Morgan fingerprint density at radius 2 is 1.80 bits per heavy atom. The van der Waals surface area contributed by atoms with Gasteiger partial charge in [0.05, 0.1) is 4.90 Å². The van der Waals surface area contributed by atoms with E-state index in [1.165, 1.54) is 12.1 Å². The minimum Gasteiger partial charge on any atom is -0.370 e. The highest BCUT2D eigenvalue weighted by Crippen LogP contribution is 2.16. The number of aliphatic hydroxyl groups is 1. The van der Waals surface area contributed by atoms with Gasteiger partial charge >= 0.3 is 0 Å². The van der Waals surface area contributed by atoms with Crippen molar-refractivity contribution in [2.75, 3.05) is 0 Å². The molecule has 0 spiro atoms. The minimum absolute atomic E-state index is 0.130. The number of sulfone groups is 1. The zero-order chi connectivity index (χ0) is 11.6. The molecule has 1 rings (SSSR count). The van der Waals surface area contributed by atoms with Crippen molar-refractivity contribution in [2.24, 2.45) is 0 Å². The Morgan fingerprint density at radius 1 is 1.33 bits per heavy atom. The molecule has 1 N–H and O–H groups in total. The van der Waals surface area contributed by atoms with Crippen LogP contribution in [-0.2, 0) is 14.6 Å². The van der Waals surface area contributed by atoms with E-state index in [1.807, 2.05) is 0 Å². The van der Waals surface area contributed by atoms with Crippen LogP contribution in [-0.4, -0.2) is 24.2 Å². The first-order valence-corrected chi connectivity index (χ1v) is 5.96. The van der Waals surface area contributed by atoms with Gasteiger partial charge in [-0.3, -0.25) is 4.79 Å². The van der Waals surface area contributed by atoms with E-state index >= 15 is 0 Å². The fraction of sp³-hybridized carbons (Fsp3) is 0.222. The number of carbonyl (C=O) groups excluding carboxylic acids is 1. The summed E-state index contributed by atoms with van der Waals surface area (Å²) in [5.41, 5.74) is -1.33. The lowest BCUT2D eigenvalue weighted by atomic mass is 10.2. The lowest BCUT2D eigenvalue weighted by Gasteiger charge is -2.07. The summed E-state index contributed by atoms with van der Waals surface area (Å²) in [5.74, 6) is 0. The third-order valence-corrected chi connectivity index (χ3v) is 3.90. The topological polar surface area (TPSA) is 71.4 Å². The summed E-state index contributed by atoms with van der Waals surface area (Å²) >= 11 is 4.93. The molecule has 1 aromatic carbocycles. The largest absolute Gasteiger partial charge is 0.370 e. The van der Waals surface area contributed by atoms with Gasteiger partial charge in [0.25, 0.3) is 5.24 Å². The van der Waals surface area contributed by atoms with Gasteiger partial charge in [0.2, 0.25) is 15.3 Å². The van der Waals surface area contributed by atoms with Crippen LogP contribution < -0.4 is 0 Å². The molecule has 0 amide bonds. The van der Waals surface area contributed by atoms with Crippen molar-refractivity contribution in [1.82, 2.24) is 0 Å². The van der Waals surface area contributed by atoms with Crippen molar-refractivity contribution in [3.63, 3.8) is 0 Å². The van der Waals surface area contributed by atoms with Gasteiger partial charge < -0.3 is 5.11 Å². The lowest BCUT2D eigenvalue weighted by molar-refractivity contribution is -0.115. The van der Waals surface area contributed by atoms with Crippen LogP contribution in [0.1, 0.15) is 5.56 Å². The van der Waals surface area contributed by atoms with E-state index in [0.29, 0.717) is 0 Å². The highest BCUT2D eigenvalue weighted by atomic mass is 35.5. The Labute approximate surface area is 92.4 Å². The summed E-state index contributed by atoms with van der Waals surface area (Å²) < 4.78 is 23.1. The van der Waals surface area contributed by atoms with Crippen molar-refractivity contribution < 1.29 is 18.3 Å². The summed E-state index contributed by atoms with van der Waals surface area (Å²) in [5, 5.41) is 7.80. The molecule has 0 fully saturated rings. The van der Waals surface area contributed by atoms with Gasteiger partial charge in [-0.2, -0.15) is 0 Å². The molecular weight excluding hydrogens is 240 g/mol. The molecule has 0 heterocycles. The molecule has 0 saturated carbocycles. The molecule has 0 aliphatic carbocycles. The second kappa shape index (κ2) is 4.30. The molecule has 0 saturated heterocycles. The van der Waals surface area contributed by atoms with Gasteiger partial charge in [-0.25, -0.2) is 8.42 Å². The average molecular weight is 249 g/mol. The van der Waals surface area contributed by atoms with Crippen LogP contribution in [0.15, 0.2) is 29.2 Å². The second-order valence-electron chi connectivity index (χ2n) is 3.01. The highest BCUT2D eigenvalue weighted by molar-refractivity contribution is 7.92. The van der Waals surface area contributed by atoms with E-state index < -0.39 is 20.5 Å². The molecule has 15 heavy (non-hydrogen) atoms. The smallest absolute Gasteiger partial charge is 0.266 e. The molecule has 1 aromatic rings. The fourth-order valence-corrected chi connectivity index (χ4v) is 2.35. The standard InChI is InChI=1S/C9H9ClO4S/c1-6-2-4-7(5-3-6)15(13,14)9(12)8(10)11/h2-5,9,12H,1H3. The van der Waals surface area contributed by atoms with E-state index in [-0.39, 0.29) is 4.90 Å². The third kappa shape index (κ3) is 2.56. The Kier molecular flexibility index (Phi) is 3.49. The molecule has 0 aliphatic heterocycles. The van der Waals surface area contributed by atoms with E-state index in [9.17, 15) is 13.2 Å². The number of carbonyl (C=O) groups is 1. The summed E-state index contributed by atoms with van der Waals surface area (Å²) in [6, 6.07) is 5.76. The first-order valence-electron chi connectivity index (χ1n) is 4.03. The minimum atomic E-state index is -4.08. The molecule has 4 nitrogen and oxygen atoms in total. The second-order valence-corrected chi connectivity index (χ2v) is 5.39. The zero-order valence-electron chi connectivity index (χ0n) is 7.84. The summed E-state index contributed by atoms with van der Waals surface area (Å²) in [7, 11) is -4.08.